The summed E-state index contributed by atoms with van der Waals surface area (Å²) in [6.07, 6.45) is 5.47. The van der Waals surface area contributed by atoms with Crippen molar-refractivity contribution in [2.75, 3.05) is 7.05 Å². The van der Waals surface area contributed by atoms with Gasteiger partial charge in [-0.1, -0.05) is 0 Å². The van der Waals surface area contributed by atoms with Crippen molar-refractivity contribution in [3.05, 3.63) is 45.4 Å². The number of rotatable bonds is 4. The second-order valence-corrected chi connectivity index (χ2v) is 5.45. The lowest BCUT2D eigenvalue weighted by Crippen LogP contribution is -2.33. The number of hydrogen-bond donors (Lipinski definition) is 2. The SMILES string of the molecule is Cc1nc(C2CC2)[nH]c(=O)c1C(=O)N(C)Cc1cn[nH]c1. The van der Waals surface area contributed by atoms with Gasteiger partial charge in [-0.15, -0.1) is 0 Å². The fraction of sp³-hybridized carbons (Fsp3) is 0.429. The normalized spacial score (nSPS) is 14.2. The average molecular weight is 287 g/mol. The highest BCUT2D eigenvalue weighted by atomic mass is 16.2. The Balaban J connectivity index is 1.85. The van der Waals surface area contributed by atoms with Gasteiger partial charge in [-0.2, -0.15) is 5.10 Å². The summed E-state index contributed by atoms with van der Waals surface area (Å²) in [5.74, 6) is 0.723. The van der Waals surface area contributed by atoms with Crippen LogP contribution in [0.2, 0.25) is 0 Å². The summed E-state index contributed by atoms with van der Waals surface area (Å²) >= 11 is 0. The van der Waals surface area contributed by atoms with Gasteiger partial charge in [0.1, 0.15) is 11.4 Å². The molecule has 0 atom stereocenters. The molecule has 2 heterocycles. The molecule has 1 aliphatic carbocycles. The highest BCUT2D eigenvalue weighted by Gasteiger charge is 2.28. The van der Waals surface area contributed by atoms with E-state index in [-0.39, 0.29) is 17.0 Å². The molecule has 0 radical (unpaired) electrons. The van der Waals surface area contributed by atoms with Crippen LogP contribution in [0.3, 0.4) is 0 Å². The first-order valence-corrected chi connectivity index (χ1v) is 6.90. The minimum absolute atomic E-state index is 0.116. The number of aromatic amines is 2. The van der Waals surface area contributed by atoms with Gasteiger partial charge in [-0.25, -0.2) is 4.98 Å². The van der Waals surface area contributed by atoms with Crippen LogP contribution in [0.5, 0.6) is 0 Å². The quantitative estimate of drug-likeness (QED) is 0.875. The summed E-state index contributed by atoms with van der Waals surface area (Å²) in [7, 11) is 1.66. The lowest BCUT2D eigenvalue weighted by molar-refractivity contribution is 0.0782. The first-order valence-electron chi connectivity index (χ1n) is 6.90. The van der Waals surface area contributed by atoms with E-state index in [2.05, 4.69) is 20.2 Å². The number of hydrogen-bond acceptors (Lipinski definition) is 4. The van der Waals surface area contributed by atoms with E-state index in [0.29, 0.717) is 24.0 Å². The molecule has 110 valence electrons. The molecule has 1 fully saturated rings. The number of aromatic nitrogens is 4. The zero-order valence-electron chi connectivity index (χ0n) is 12.0. The number of aryl methyl sites for hydroxylation is 1. The number of carbonyl (C=O) groups excluding carboxylic acids is 1. The van der Waals surface area contributed by atoms with Crippen LogP contribution in [0.25, 0.3) is 0 Å². The van der Waals surface area contributed by atoms with Crippen LogP contribution in [-0.2, 0) is 6.54 Å². The van der Waals surface area contributed by atoms with Gasteiger partial charge in [0, 0.05) is 31.3 Å². The lowest BCUT2D eigenvalue weighted by atomic mass is 10.2. The molecule has 3 rings (SSSR count). The number of amides is 1. The van der Waals surface area contributed by atoms with Crippen LogP contribution in [0.1, 0.15) is 46.2 Å². The molecular weight excluding hydrogens is 270 g/mol. The molecule has 0 unspecified atom stereocenters. The molecule has 7 nitrogen and oxygen atoms in total. The van der Waals surface area contributed by atoms with Crippen LogP contribution >= 0.6 is 0 Å². The van der Waals surface area contributed by atoms with Gasteiger partial charge in [0.25, 0.3) is 11.5 Å². The number of H-pyrrole nitrogens is 2. The zero-order valence-corrected chi connectivity index (χ0v) is 12.0. The molecule has 1 amide bonds. The molecule has 1 aliphatic rings. The number of nitrogens with one attached hydrogen (secondary N) is 2. The van der Waals surface area contributed by atoms with Gasteiger partial charge in [0.2, 0.25) is 0 Å². The lowest BCUT2D eigenvalue weighted by Gasteiger charge is -2.17. The van der Waals surface area contributed by atoms with Crippen molar-refractivity contribution < 1.29 is 4.79 Å². The van der Waals surface area contributed by atoms with Gasteiger partial charge in [-0.05, 0) is 19.8 Å². The van der Waals surface area contributed by atoms with Gasteiger partial charge < -0.3 is 9.88 Å². The Morgan fingerprint density at radius 3 is 2.81 bits per heavy atom. The summed E-state index contributed by atoms with van der Waals surface area (Å²) in [6, 6.07) is 0. The Morgan fingerprint density at radius 1 is 1.48 bits per heavy atom. The van der Waals surface area contributed by atoms with Gasteiger partial charge in [-0.3, -0.25) is 14.7 Å². The van der Waals surface area contributed by atoms with Crippen molar-refractivity contribution in [3.63, 3.8) is 0 Å². The highest BCUT2D eigenvalue weighted by molar-refractivity contribution is 5.94. The third kappa shape index (κ3) is 2.72. The van der Waals surface area contributed by atoms with Crippen molar-refractivity contribution in [2.45, 2.75) is 32.2 Å². The van der Waals surface area contributed by atoms with Gasteiger partial charge in [0.05, 0.1) is 11.9 Å². The minimum atomic E-state index is -0.353. The van der Waals surface area contributed by atoms with Gasteiger partial charge in [0.15, 0.2) is 0 Å². The Labute approximate surface area is 121 Å². The Kier molecular flexibility index (Phi) is 3.32. The standard InChI is InChI=1S/C14H17N5O2/c1-8-11(13(20)18-12(17-8)10-3-4-10)14(21)19(2)7-9-5-15-16-6-9/h5-6,10H,3-4,7H2,1-2H3,(H,15,16)(H,17,18,20). The second kappa shape index (κ2) is 5.16. The van der Waals surface area contributed by atoms with E-state index in [1.54, 1.807) is 26.4 Å². The zero-order chi connectivity index (χ0) is 15.0. The third-order valence-electron chi connectivity index (χ3n) is 3.62. The maximum Gasteiger partial charge on any atom is 0.264 e. The Bertz CT molecular complexity index is 715. The molecule has 2 aromatic heterocycles. The summed E-state index contributed by atoms with van der Waals surface area (Å²) in [5.41, 5.74) is 1.13. The first-order chi connectivity index (χ1) is 10.1. The maximum atomic E-state index is 12.4. The summed E-state index contributed by atoms with van der Waals surface area (Å²) in [4.78, 5) is 33.2. The van der Waals surface area contributed by atoms with Crippen LogP contribution in [-0.4, -0.2) is 38.0 Å². The molecule has 1 saturated carbocycles. The molecule has 0 bridgehead atoms. The van der Waals surface area contributed by atoms with Crippen molar-refractivity contribution in [1.29, 1.82) is 0 Å². The molecule has 0 spiro atoms. The average Bonchev–Trinajstić information content (AvgIpc) is 3.17. The highest BCUT2D eigenvalue weighted by Crippen LogP contribution is 2.37. The summed E-state index contributed by atoms with van der Waals surface area (Å²) in [5, 5.41) is 6.53. The fourth-order valence-electron chi connectivity index (χ4n) is 2.31. The number of carbonyl (C=O) groups is 1. The number of nitrogens with zero attached hydrogens (tertiary/aromatic N) is 3. The summed E-state index contributed by atoms with van der Waals surface area (Å²) < 4.78 is 0. The molecule has 0 aromatic carbocycles. The fourth-order valence-corrected chi connectivity index (χ4v) is 2.31. The molecule has 0 aliphatic heterocycles. The van der Waals surface area contributed by atoms with E-state index in [0.717, 1.165) is 18.4 Å². The van der Waals surface area contributed by atoms with Crippen LogP contribution in [0.4, 0.5) is 0 Å². The smallest absolute Gasteiger partial charge is 0.264 e. The predicted molar refractivity (Wildman–Crippen MR) is 76.0 cm³/mol. The van der Waals surface area contributed by atoms with Crippen LogP contribution < -0.4 is 5.56 Å². The van der Waals surface area contributed by atoms with E-state index in [1.165, 1.54) is 4.90 Å². The van der Waals surface area contributed by atoms with Crippen molar-refractivity contribution in [1.82, 2.24) is 25.1 Å². The minimum Gasteiger partial charge on any atom is -0.337 e. The van der Waals surface area contributed by atoms with E-state index in [9.17, 15) is 9.59 Å². The predicted octanol–water partition coefficient (Wildman–Crippen LogP) is 0.951. The van der Waals surface area contributed by atoms with E-state index < -0.39 is 0 Å². The maximum absolute atomic E-state index is 12.4. The van der Waals surface area contributed by atoms with Crippen LogP contribution in [0, 0.1) is 6.92 Å². The molecule has 21 heavy (non-hydrogen) atoms. The third-order valence-corrected chi connectivity index (χ3v) is 3.62. The molecule has 2 N–H and O–H groups in total. The van der Waals surface area contributed by atoms with Crippen LogP contribution in [0.15, 0.2) is 17.2 Å². The van der Waals surface area contributed by atoms with Crippen molar-refractivity contribution >= 4 is 5.91 Å². The first kappa shape index (κ1) is 13.5. The molecule has 0 saturated heterocycles. The Morgan fingerprint density at radius 2 is 2.24 bits per heavy atom. The topological polar surface area (TPSA) is 94.7 Å². The largest absolute Gasteiger partial charge is 0.337 e. The van der Waals surface area contributed by atoms with E-state index in [4.69, 9.17) is 0 Å². The van der Waals surface area contributed by atoms with Crippen molar-refractivity contribution in [2.24, 2.45) is 0 Å². The second-order valence-electron chi connectivity index (χ2n) is 5.45. The van der Waals surface area contributed by atoms with E-state index in [1.807, 2.05) is 0 Å². The Hall–Kier alpha value is -2.44. The summed E-state index contributed by atoms with van der Waals surface area (Å²) in [6.45, 7) is 2.10. The monoisotopic (exact) mass is 287 g/mol. The van der Waals surface area contributed by atoms with E-state index >= 15 is 0 Å². The molecule has 7 heteroatoms. The van der Waals surface area contributed by atoms with Crippen molar-refractivity contribution in [3.8, 4) is 0 Å². The molecule has 2 aromatic rings. The molecular formula is C14H17N5O2. The van der Waals surface area contributed by atoms with Gasteiger partial charge >= 0.3 is 0 Å².